The first kappa shape index (κ1) is 18.4. The van der Waals surface area contributed by atoms with E-state index in [2.05, 4.69) is 10.5 Å². The van der Waals surface area contributed by atoms with Crippen LogP contribution in [0.15, 0.2) is 34.9 Å². The van der Waals surface area contributed by atoms with Crippen molar-refractivity contribution in [3.05, 3.63) is 41.9 Å². The molecule has 0 bridgehead atoms. The standard InChI is InChI=1S/C19H24FN3O3/c1-23(10-4-6-14-7-5-11-25-14)19(24)21-13-15-12-18(22-26-15)16-8-2-3-9-17(16)20/h2-3,8-9,12,14H,4-7,10-11,13H2,1H3,(H,21,24). The summed E-state index contributed by atoms with van der Waals surface area (Å²) in [6, 6.07) is 7.82. The first-order valence-corrected chi connectivity index (χ1v) is 8.94. The van der Waals surface area contributed by atoms with Crippen molar-refractivity contribution in [1.82, 2.24) is 15.4 Å². The predicted octanol–water partition coefficient (Wildman–Crippen LogP) is 3.58. The van der Waals surface area contributed by atoms with E-state index < -0.39 is 0 Å². The summed E-state index contributed by atoms with van der Waals surface area (Å²) in [6.07, 6.45) is 4.48. The highest BCUT2D eigenvalue weighted by molar-refractivity contribution is 5.73. The largest absolute Gasteiger partial charge is 0.378 e. The second-order valence-corrected chi connectivity index (χ2v) is 6.52. The summed E-state index contributed by atoms with van der Waals surface area (Å²) in [5.74, 6) is 0.117. The van der Waals surface area contributed by atoms with Gasteiger partial charge in [0.25, 0.3) is 0 Å². The van der Waals surface area contributed by atoms with Gasteiger partial charge >= 0.3 is 6.03 Å². The summed E-state index contributed by atoms with van der Waals surface area (Å²) in [5, 5.41) is 6.65. The molecule has 3 rings (SSSR count). The Kier molecular flexibility index (Phi) is 6.22. The van der Waals surface area contributed by atoms with Gasteiger partial charge in [-0.05, 0) is 37.8 Å². The van der Waals surface area contributed by atoms with Gasteiger partial charge in [0.2, 0.25) is 0 Å². The Balaban J connectivity index is 1.43. The summed E-state index contributed by atoms with van der Waals surface area (Å²) < 4.78 is 24.5. The highest BCUT2D eigenvalue weighted by Crippen LogP contribution is 2.22. The molecule has 0 radical (unpaired) electrons. The summed E-state index contributed by atoms with van der Waals surface area (Å²) in [6.45, 7) is 1.73. The third-order valence-corrected chi connectivity index (χ3v) is 4.51. The molecule has 7 heteroatoms. The zero-order chi connectivity index (χ0) is 18.4. The summed E-state index contributed by atoms with van der Waals surface area (Å²) in [7, 11) is 1.76. The van der Waals surface area contributed by atoms with Crippen molar-refractivity contribution in [3.63, 3.8) is 0 Å². The first-order valence-electron chi connectivity index (χ1n) is 8.94. The van der Waals surface area contributed by atoms with Crippen LogP contribution in [0.1, 0.15) is 31.4 Å². The van der Waals surface area contributed by atoms with Crippen LogP contribution >= 0.6 is 0 Å². The Morgan fingerprint density at radius 2 is 2.27 bits per heavy atom. The molecule has 26 heavy (non-hydrogen) atoms. The van der Waals surface area contributed by atoms with Crippen LogP contribution in [0.25, 0.3) is 11.3 Å². The molecule has 1 saturated heterocycles. The number of carbonyl (C=O) groups excluding carboxylic acids is 1. The molecule has 1 unspecified atom stereocenters. The van der Waals surface area contributed by atoms with Crippen molar-refractivity contribution >= 4 is 6.03 Å². The average molecular weight is 361 g/mol. The van der Waals surface area contributed by atoms with Gasteiger partial charge in [-0.15, -0.1) is 0 Å². The lowest BCUT2D eigenvalue weighted by Crippen LogP contribution is -2.37. The maximum atomic E-state index is 13.8. The normalized spacial score (nSPS) is 16.6. The van der Waals surface area contributed by atoms with E-state index in [0.717, 1.165) is 32.3 Å². The van der Waals surface area contributed by atoms with Gasteiger partial charge in [-0.1, -0.05) is 17.3 Å². The van der Waals surface area contributed by atoms with Crippen molar-refractivity contribution < 1.29 is 18.4 Å². The van der Waals surface area contributed by atoms with E-state index in [0.29, 0.717) is 29.7 Å². The lowest BCUT2D eigenvalue weighted by molar-refractivity contribution is 0.100. The molecule has 0 saturated carbocycles. The molecule has 0 spiro atoms. The number of hydrogen-bond donors (Lipinski definition) is 1. The second-order valence-electron chi connectivity index (χ2n) is 6.52. The lowest BCUT2D eigenvalue weighted by atomic mass is 10.1. The Bertz CT molecular complexity index is 728. The van der Waals surface area contributed by atoms with Crippen LogP contribution in [0, 0.1) is 5.82 Å². The van der Waals surface area contributed by atoms with Crippen molar-refractivity contribution in [2.24, 2.45) is 0 Å². The third kappa shape index (κ3) is 4.82. The van der Waals surface area contributed by atoms with Crippen LogP contribution in [0.4, 0.5) is 9.18 Å². The molecule has 6 nitrogen and oxygen atoms in total. The average Bonchev–Trinajstić information content (AvgIpc) is 3.32. The van der Waals surface area contributed by atoms with E-state index in [9.17, 15) is 9.18 Å². The van der Waals surface area contributed by atoms with Crippen molar-refractivity contribution in [1.29, 1.82) is 0 Å². The zero-order valence-electron chi connectivity index (χ0n) is 14.9. The molecule has 1 fully saturated rings. The van der Waals surface area contributed by atoms with Gasteiger partial charge in [0.1, 0.15) is 11.5 Å². The number of rotatable bonds is 7. The van der Waals surface area contributed by atoms with Gasteiger partial charge in [-0.25, -0.2) is 9.18 Å². The summed E-state index contributed by atoms with van der Waals surface area (Å²) >= 11 is 0. The smallest absolute Gasteiger partial charge is 0.317 e. The maximum Gasteiger partial charge on any atom is 0.317 e. The maximum absolute atomic E-state index is 13.8. The van der Waals surface area contributed by atoms with Gasteiger partial charge in [-0.2, -0.15) is 0 Å². The van der Waals surface area contributed by atoms with E-state index in [1.54, 1.807) is 36.2 Å². The van der Waals surface area contributed by atoms with Crippen LogP contribution < -0.4 is 5.32 Å². The number of ether oxygens (including phenoxy) is 1. The highest BCUT2D eigenvalue weighted by atomic mass is 19.1. The van der Waals surface area contributed by atoms with Gasteiger partial charge in [0.15, 0.2) is 5.76 Å². The fraction of sp³-hybridized carbons (Fsp3) is 0.474. The molecule has 1 atom stereocenters. The minimum absolute atomic E-state index is 0.179. The lowest BCUT2D eigenvalue weighted by Gasteiger charge is -2.18. The number of amides is 2. The van der Waals surface area contributed by atoms with Crippen LogP contribution in [-0.4, -0.2) is 42.4 Å². The van der Waals surface area contributed by atoms with Crippen molar-refractivity contribution in [3.8, 4) is 11.3 Å². The van der Waals surface area contributed by atoms with Crippen LogP contribution in [-0.2, 0) is 11.3 Å². The minimum Gasteiger partial charge on any atom is -0.378 e. The summed E-state index contributed by atoms with van der Waals surface area (Å²) in [4.78, 5) is 13.8. The first-order chi connectivity index (χ1) is 12.6. The fourth-order valence-electron chi connectivity index (χ4n) is 3.02. The second kappa shape index (κ2) is 8.80. The van der Waals surface area contributed by atoms with Crippen LogP contribution in [0.5, 0.6) is 0 Å². The number of urea groups is 1. The van der Waals surface area contributed by atoms with Crippen molar-refractivity contribution in [2.45, 2.75) is 38.3 Å². The summed E-state index contributed by atoms with van der Waals surface area (Å²) in [5.41, 5.74) is 0.789. The molecule has 2 amide bonds. The monoisotopic (exact) mass is 361 g/mol. The zero-order valence-corrected chi connectivity index (χ0v) is 14.9. The number of carbonyl (C=O) groups is 1. The molecule has 1 aliphatic heterocycles. The number of halogens is 1. The molecule has 2 aromatic rings. The van der Waals surface area contributed by atoms with Gasteiger partial charge in [0.05, 0.1) is 12.6 Å². The Morgan fingerprint density at radius 3 is 3.04 bits per heavy atom. The van der Waals surface area contributed by atoms with Gasteiger partial charge in [-0.3, -0.25) is 0 Å². The molecule has 0 aliphatic carbocycles. The predicted molar refractivity (Wildman–Crippen MR) is 95.0 cm³/mol. The highest BCUT2D eigenvalue weighted by Gasteiger charge is 2.16. The number of benzene rings is 1. The number of nitrogens with one attached hydrogen (secondary N) is 1. The van der Waals surface area contributed by atoms with Gasteiger partial charge in [0, 0.05) is 31.8 Å². The quantitative estimate of drug-likeness (QED) is 0.818. The topological polar surface area (TPSA) is 67.6 Å². The van der Waals surface area contributed by atoms with E-state index in [1.807, 2.05) is 0 Å². The molecular weight excluding hydrogens is 337 g/mol. The van der Waals surface area contributed by atoms with E-state index in [1.165, 1.54) is 6.07 Å². The number of nitrogens with zero attached hydrogens (tertiary/aromatic N) is 2. The Morgan fingerprint density at radius 1 is 1.42 bits per heavy atom. The van der Waals surface area contributed by atoms with E-state index in [-0.39, 0.29) is 18.4 Å². The Labute approximate surface area is 152 Å². The molecule has 1 aliphatic rings. The van der Waals surface area contributed by atoms with Crippen molar-refractivity contribution in [2.75, 3.05) is 20.2 Å². The molecular formula is C19H24FN3O3. The molecule has 140 valence electrons. The SMILES string of the molecule is CN(CCCC1CCCO1)C(=O)NCc1cc(-c2ccccc2F)no1. The number of hydrogen-bond acceptors (Lipinski definition) is 4. The number of aromatic nitrogens is 1. The van der Waals surface area contributed by atoms with Crippen LogP contribution in [0.2, 0.25) is 0 Å². The third-order valence-electron chi connectivity index (χ3n) is 4.51. The fourth-order valence-corrected chi connectivity index (χ4v) is 3.02. The van der Waals surface area contributed by atoms with Gasteiger partial charge < -0.3 is 19.5 Å². The molecule has 1 aromatic heterocycles. The molecule has 2 heterocycles. The molecule has 1 aromatic carbocycles. The Hall–Kier alpha value is -2.41. The minimum atomic E-state index is -0.359. The van der Waals surface area contributed by atoms with Crippen LogP contribution in [0.3, 0.4) is 0 Å². The molecule has 1 N–H and O–H groups in total. The van der Waals surface area contributed by atoms with E-state index in [4.69, 9.17) is 9.26 Å². The van der Waals surface area contributed by atoms with E-state index >= 15 is 0 Å².